The minimum absolute atomic E-state index is 0.215. The summed E-state index contributed by atoms with van der Waals surface area (Å²) in [5.41, 5.74) is 1.22. The molecule has 1 heterocycles. The first-order chi connectivity index (χ1) is 8.18. The third-order valence-electron chi connectivity index (χ3n) is 2.99. The van der Waals surface area contributed by atoms with Gasteiger partial charge in [0.15, 0.2) is 6.23 Å². The van der Waals surface area contributed by atoms with Crippen molar-refractivity contribution >= 4 is 6.09 Å². The van der Waals surface area contributed by atoms with Crippen LogP contribution in [0.5, 0.6) is 0 Å². The zero-order valence-electron chi connectivity index (χ0n) is 10.2. The van der Waals surface area contributed by atoms with Crippen LogP contribution in [0.15, 0.2) is 30.3 Å². The Hall–Kier alpha value is -1.55. The maximum Gasteiger partial charge on any atom is 0.410 e. The number of benzene rings is 1. The first-order valence-electron chi connectivity index (χ1n) is 5.85. The normalized spacial score (nSPS) is 23.4. The van der Waals surface area contributed by atoms with Crippen LogP contribution in [0.25, 0.3) is 0 Å². The van der Waals surface area contributed by atoms with Crippen LogP contribution in [0.3, 0.4) is 0 Å². The quantitative estimate of drug-likeness (QED) is 0.848. The van der Waals surface area contributed by atoms with E-state index in [9.17, 15) is 4.79 Å². The fourth-order valence-corrected chi connectivity index (χ4v) is 2.05. The van der Waals surface area contributed by atoms with Crippen molar-refractivity contribution in [2.75, 3.05) is 20.6 Å². The fraction of sp³-hybridized carbons (Fsp3) is 0.462. The summed E-state index contributed by atoms with van der Waals surface area (Å²) in [4.78, 5) is 13.0. The van der Waals surface area contributed by atoms with Crippen molar-refractivity contribution in [2.45, 2.75) is 18.6 Å². The largest absolute Gasteiger partial charge is 0.430 e. The van der Waals surface area contributed by atoms with Gasteiger partial charge in [0, 0.05) is 20.0 Å². The van der Waals surface area contributed by atoms with Gasteiger partial charge in [-0.15, -0.1) is 0 Å². The number of rotatable bonds is 2. The second-order valence-electron chi connectivity index (χ2n) is 4.46. The number of nitrogens with one attached hydrogen (secondary N) is 1. The summed E-state index contributed by atoms with van der Waals surface area (Å²) < 4.78 is 5.42. The van der Waals surface area contributed by atoms with Crippen molar-refractivity contribution in [1.29, 1.82) is 0 Å². The Morgan fingerprint density at radius 3 is 2.71 bits per heavy atom. The van der Waals surface area contributed by atoms with Gasteiger partial charge in [0.1, 0.15) is 0 Å². The van der Waals surface area contributed by atoms with E-state index in [2.05, 4.69) is 17.4 Å². The molecule has 0 unspecified atom stereocenters. The van der Waals surface area contributed by atoms with Gasteiger partial charge in [-0.1, -0.05) is 30.3 Å². The molecule has 1 saturated heterocycles. The molecule has 1 N–H and O–H groups in total. The Morgan fingerprint density at radius 1 is 1.35 bits per heavy atom. The molecular formula is C13H18N2O2. The van der Waals surface area contributed by atoms with Crippen LogP contribution in [0.1, 0.15) is 17.9 Å². The van der Waals surface area contributed by atoms with Gasteiger partial charge in [0.2, 0.25) is 0 Å². The number of carbonyl (C=O) groups excluding carboxylic acids is 1. The van der Waals surface area contributed by atoms with E-state index in [0.717, 1.165) is 13.0 Å². The van der Waals surface area contributed by atoms with Crippen LogP contribution in [0, 0.1) is 0 Å². The van der Waals surface area contributed by atoms with E-state index < -0.39 is 0 Å². The Balaban J connectivity index is 2.05. The monoisotopic (exact) mass is 234 g/mol. The summed E-state index contributed by atoms with van der Waals surface area (Å²) in [6, 6.07) is 10.2. The Morgan fingerprint density at radius 2 is 2.06 bits per heavy atom. The van der Waals surface area contributed by atoms with E-state index in [1.165, 1.54) is 10.5 Å². The molecule has 2 atom stereocenters. The maximum absolute atomic E-state index is 11.5. The van der Waals surface area contributed by atoms with Crippen molar-refractivity contribution in [1.82, 2.24) is 10.2 Å². The first-order valence-corrected chi connectivity index (χ1v) is 5.85. The zero-order chi connectivity index (χ0) is 12.3. The molecule has 0 saturated carbocycles. The van der Waals surface area contributed by atoms with Crippen LogP contribution in [-0.2, 0) is 4.74 Å². The smallest absolute Gasteiger partial charge is 0.410 e. The highest BCUT2D eigenvalue weighted by molar-refractivity contribution is 5.67. The summed E-state index contributed by atoms with van der Waals surface area (Å²) in [5, 5.41) is 3.22. The molecule has 1 amide bonds. The molecule has 92 valence electrons. The highest BCUT2D eigenvalue weighted by Gasteiger charge is 2.31. The molecule has 4 heteroatoms. The second kappa shape index (κ2) is 5.19. The number of carbonyl (C=O) groups is 1. The Labute approximate surface area is 102 Å². The molecule has 0 radical (unpaired) electrons. The lowest BCUT2D eigenvalue weighted by Crippen LogP contribution is -2.35. The molecular weight excluding hydrogens is 216 g/mol. The van der Waals surface area contributed by atoms with Crippen molar-refractivity contribution in [3.63, 3.8) is 0 Å². The van der Waals surface area contributed by atoms with E-state index >= 15 is 0 Å². The summed E-state index contributed by atoms with van der Waals surface area (Å²) >= 11 is 0. The van der Waals surface area contributed by atoms with Crippen LogP contribution in [-0.4, -0.2) is 37.9 Å². The number of hydrogen-bond acceptors (Lipinski definition) is 3. The molecule has 4 nitrogen and oxygen atoms in total. The molecule has 2 rings (SSSR count). The average molecular weight is 234 g/mol. The highest BCUT2D eigenvalue weighted by Crippen LogP contribution is 2.28. The molecule has 1 fully saturated rings. The van der Waals surface area contributed by atoms with Gasteiger partial charge < -0.3 is 9.64 Å². The molecule has 0 aromatic heterocycles. The lowest BCUT2D eigenvalue weighted by Gasteiger charge is -2.22. The van der Waals surface area contributed by atoms with Crippen LogP contribution >= 0.6 is 0 Å². The average Bonchev–Trinajstić information content (AvgIpc) is 2.78. The maximum atomic E-state index is 11.5. The standard InChI is InChI=1S/C13H18N2O2/c1-15(2)13(16)17-12-11(8-9-14-12)10-6-4-3-5-7-10/h3-7,11-12,14H,8-9H2,1-2H3/t11-,12-/m1/s1. The van der Waals surface area contributed by atoms with Crippen LogP contribution < -0.4 is 5.32 Å². The minimum atomic E-state index is -0.301. The predicted molar refractivity (Wildman–Crippen MR) is 65.8 cm³/mol. The first kappa shape index (κ1) is 11.9. The Kier molecular flexibility index (Phi) is 3.64. The summed E-state index contributed by atoms with van der Waals surface area (Å²) in [6.07, 6.45) is 0.479. The van der Waals surface area contributed by atoms with Crippen molar-refractivity contribution in [3.05, 3.63) is 35.9 Å². The molecule has 1 aromatic rings. The van der Waals surface area contributed by atoms with Gasteiger partial charge in [0.25, 0.3) is 0 Å². The molecule has 0 spiro atoms. The highest BCUT2D eigenvalue weighted by atomic mass is 16.6. The van der Waals surface area contributed by atoms with Gasteiger partial charge >= 0.3 is 6.09 Å². The van der Waals surface area contributed by atoms with Gasteiger partial charge in [-0.25, -0.2) is 4.79 Å². The van der Waals surface area contributed by atoms with Crippen molar-refractivity contribution in [2.24, 2.45) is 0 Å². The molecule has 17 heavy (non-hydrogen) atoms. The number of ether oxygens (including phenoxy) is 1. The fourth-order valence-electron chi connectivity index (χ4n) is 2.05. The summed E-state index contributed by atoms with van der Waals surface area (Å²) in [5.74, 6) is 0.250. The molecule has 1 aliphatic heterocycles. The van der Waals surface area contributed by atoms with Gasteiger partial charge in [-0.3, -0.25) is 5.32 Å². The lowest BCUT2D eigenvalue weighted by molar-refractivity contribution is 0.0593. The van der Waals surface area contributed by atoms with Gasteiger partial charge in [-0.2, -0.15) is 0 Å². The predicted octanol–water partition coefficient (Wildman–Crippen LogP) is 1.79. The SMILES string of the molecule is CN(C)C(=O)O[C@H]1NCC[C@@H]1c1ccccc1. The number of nitrogens with zero attached hydrogens (tertiary/aromatic N) is 1. The minimum Gasteiger partial charge on any atom is -0.430 e. The topological polar surface area (TPSA) is 41.6 Å². The Bertz CT molecular complexity index is 378. The number of hydrogen-bond donors (Lipinski definition) is 1. The second-order valence-corrected chi connectivity index (χ2v) is 4.46. The lowest BCUT2D eigenvalue weighted by atomic mass is 9.97. The van der Waals surface area contributed by atoms with Gasteiger partial charge in [0.05, 0.1) is 0 Å². The molecule has 0 aliphatic carbocycles. The van der Waals surface area contributed by atoms with E-state index in [1.807, 2.05) is 18.2 Å². The van der Waals surface area contributed by atoms with Gasteiger partial charge in [-0.05, 0) is 18.5 Å². The van der Waals surface area contributed by atoms with Crippen molar-refractivity contribution in [3.8, 4) is 0 Å². The van der Waals surface area contributed by atoms with E-state index in [0.29, 0.717) is 0 Å². The van der Waals surface area contributed by atoms with E-state index in [4.69, 9.17) is 4.74 Å². The van der Waals surface area contributed by atoms with Crippen LogP contribution in [0.2, 0.25) is 0 Å². The third-order valence-corrected chi connectivity index (χ3v) is 2.99. The van der Waals surface area contributed by atoms with E-state index in [-0.39, 0.29) is 18.2 Å². The van der Waals surface area contributed by atoms with Crippen LogP contribution in [0.4, 0.5) is 4.79 Å². The zero-order valence-corrected chi connectivity index (χ0v) is 10.2. The third kappa shape index (κ3) is 2.77. The van der Waals surface area contributed by atoms with E-state index in [1.54, 1.807) is 14.1 Å². The molecule has 0 bridgehead atoms. The summed E-state index contributed by atoms with van der Waals surface area (Å²) in [6.45, 7) is 0.880. The molecule has 1 aromatic carbocycles. The van der Waals surface area contributed by atoms with Crippen molar-refractivity contribution < 1.29 is 9.53 Å². The molecule has 1 aliphatic rings. The number of amides is 1. The summed E-state index contributed by atoms with van der Waals surface area (Å²) in [7, 11) is 3.38.